The molecule has 0 aromatic carbocycles. The summed E-state index contributed by atoms with van der Waals surface area (Å²) in [4.78, 5) is 0. The molecule has 0 amide bonds. The zero-order chi connectivity index (χ0) is 11.0. The molecule has 1 radical (unpaired) electrons. The number of hydroxylamine groups is 2. The van der Waals surface area contributed by atoms with Crippen LogP contribution < -0.4 is 0 Å². The normalized spacial score (nSPS) is 27.9. The van der Waals surface area contributed by atoms with Crippen LogP contribution >= 0.6 is 0 Å². The smallest absolute Gasteiger partial charge is 0.0446 e. The van der Waals surface area contributed by atoms with E-state index < -0.39 is 0 Å². The second-order valence-corrected chi connectivity index (χ2v) is 5.98. The van der Waals surface area contributed by atoms with Crippen molar-refractivity contribution >= 4 is 0 Å². The molecule has 1 aliphatic heterocycles. The Morgan fingerprint density at radius 3 is 1.93 bits per heavy atom. The SMILES string of the molecule is CCCC1CC(C)(C)N([O])C(C)(C)C1. The fourth-order valence-corrected chi connectivity index (χ4v) is 3.08. The molecule has 1 heterocycles. The van der Waals surface area contributed by atoms with E-state index in [1.54, 1.807) is 0 Å². The van der Waals surface area contributed by atoms with Crippen molar-refractivity contribution in [2.75, 3.05) is 0 Å². The van der Waals surface area contributed by atoms with E-state index in [0.717, 1.165) is 18.8 Å². The van der Waals surface area contributed by atoms with Crippen molar-refractivity contribution in [1.29, 1.82) is 0 Å². The molecule has 0 spiro atoms. The highest BCUT2D eigenvalue weighted by Crippen LogP contribution is 2.41. The van der Waals surface area contributed by atoms with Gasteiger partial charge in [0.25, 0.3) is 0 Å². The monoisotopic (exact) mass is 198 g/mol. The summed E-state index contributed by atoms with van der Waals surface area (Å²) in [5.41, 5.74) is -0.358. The van der Waals surface area contributed by atoms with E-state index >= 15 is 0 Å². The topological polar surface area (TPSA) is 23.1 Å². The van der Waals surface area contributed by atoms with Gasteiger partial charge in [0.15, 0.2) is 0 Å². The summed E-state index contributed by atoms with van der Waals surface area (Å²) in [7, 11) is 0. The minimum Gasteiger partial charge on any atom is -0.144 e. The van der Waals surface area contributed by atoms with Crippen molar-refractivity contribution in [1.82, 2.24) is 5.06 Å². The molecule has 1 aliphatic rings. The maximum atomic E-state index is 12.0. The lowest BCUT2D eigenvalue weighted by Crippen LogP contribution is -2.58. The van der Waals surface area contributed by atoms with Gasteiger partial charge in [0.05, 0.1) is 0 Å². The number of nitrogens with zero attached hydrogens (tertiary/aromatic N) is 1. The molecule has 0 aromatic rings. The molecule has 2 heteroatoms. The first-order chi connectivity index (χ1) is 6.29. The molecule has 14 heavy (non-hydrogen) atoms. The number of hydrogen-bond donors (Lipinski definition) is 0. The molecule has 1 fully saturated rings. The van der Waals surface area contributed by atoms with Gasteiger partial charge in [0, 0.05) is 11.1 Å². The van der Waals surface area contributed by atoms with Crippen molar-refractivity contribution in [3.8, 4) is 0 Å². The van der Waals surface area contributed by atoms with E-state index in [9.17, 15) is 5.21 Å². The standard InChI is InChI=1S/C12H24NO/c1-6-7-10-8-11(2,3)13(14)12(4,5)9-10/h10H,6-9H2,1-5H3. The second kappa shape index (κ2) is 3.82. The molecular weight excluding hydrogens is 174 g/mol. The molecular formula is C12H24NO. The lowest BCUT2D eigenvalue weighted by molar-refractivity contribution is -0.294. The van der Waals surface area contributed by atoms with Gasteiger partial charge in [0.2, 0.25) is 0 Å². The van der Waals surface area contributed by atoms with E-state index in [2.05, 4.69) is 34.6 Å². The Morgan fingerprint density at radius 2 is 1.57 bits per heavy atom. The van der Waals surface area contributed by atoms with E-state index in [0.29, 0.717) is 0 Å². The van der Waals surface area contributed by atoms with Crippen LogP contribution in [0.3, 0.4) is 0 Å². The van der Waals surface area contributed by atoms with E-state index in [1.807, 2.05) is 0 Å². The summed E-state index contributed by atoms with van der Waals surface area (Å²) in [5, 5.41) is 13.3. The molecule has 83 valence electrons. The van der Waals surface area contributed by atoms with Gasteiger partial charge in [-0.3, -0.25) is 0 Å². The van der Waals surface area contributed by atoms with Crippen LogP contribution in [0.1, 0.15) is 60.3 Å². The maximum absolute atomic E-state index is 12.0. The Bertz CT molecular complexity index is 180. The summed E-state index contributed by atoms with van der Waals surface area (Å²) < 4.78 is 0. The molecule has 0 bridgehead atoms. The lowest BCUT2D eigenvalue weighted by atomic mass is 9.74. The zero-order valence-corrected chi connectivity index (χ0v) is 10.3. The Labute approximate surface area is 88.3 Å². The molecule has 0 atom stereocenters. The second-order valence-electron chi connectivity index (χ2n) is 5.98. The van der Waals surface area contributed by atoms with Crippen molar-refractivity contribution in [2.24, 2.45) is 5.92 Å². The fourth-order valence-electron chi connectivity index (χ4n) is 3.08. The van der Waals surface area contributed by atoms with Gasteiger partial charge in [-0.25, -0.2) is 0 Å². The summed E-state index contributed by atoms with van der Waals surface area (Å²) in [6, 6.07) is 0. The number of hydrogen-bond acceptors (Lipinski definition) is 1. The predicted octanol–water partition coefficient (Wildman–Crippen LogP) is 3.40. The summed E-state index contributed by atoms with van der Waals surface area (Å²) in [5.74, 6) is 0.732. The van der Waals surface area contributed by atoms with Crippen LogP contribution in [-0.2, 0) is 5.21 Å². The number of piperidine rings is 1. The Hall–Kier alpha value is -0.0800. The first-order valence-electron chi connectivity index (χ1n) is 5.77. The van der Waals surface area contributed by atoms with Crippen molar-refractivity contribution in [2.45, 2.75) is 71.4 Å². The van der Waals surface area contributed by atoms with Crippen LogP contribution in [0.25, 0.3) is 0 Å². The van der Waals surface area contributed by atoms with Crippen molar-refractivity contribution in [3.05, 3.63) is 0 Å². The van der Waals surface area contributed by atoms with Crippen LogP contribution in [0.2, 0.25) is 0 Å². The molecule has 0 aromatic heterocycles. The van der Waals surface area contributed by atoms with Gasteiger partial charge in [0.1, 0.15) is 0 Å². The number of rotatable bonds is 2. The summed E-state index contributed by atoms with van der Waals surface area (Å²) in [6.07, 6.45) is 4.60. The van der Waals surface area contributed by atoms with Gasteiger partial charge in [-0.1, -0.05) is 19.8 Å². The Balaban J connectivity index is 2.75. The average molecular weight is 198 g/mol. The Kier molecular flexibility index (Phi) is 3.27. The first-order valence-corrected chi connectivity index (χ1v) is 5.77. The van der Waals surface area contributed by atoms with Crippen LogP contribution in [-0.4, -0.2) is 16.1 Å². The van der Waals surface area contributed by atoms with Crippen molar-refractivity contribution < 1.29 is 5.21 Å². The minimum atomic E-state index is -0.179. The van der Waals surface area contributed by atoms with Gasteiger partial charge >= 0.3 is 0 Å². The van der Waals surface area contributed by atoms with Gasteiger partial charge in [-0.15, -0.1) is 10.3 Å². The average Bonchev–Trinajstić information content (AvgIpc) is 1.99. The van der Waals surface area contributed by atoms with Crippen molar-refractivity contribution in [3.63, 3.8) is 0 Å². The highest BCUT2D eigenvalue weighted by molar-refractivity contribution is 4.95. The maximum Gasteiger partial charge on any atom is 0.0446 e. The fraction of sp³-hybridized carbons (Fsp3) is 1.00. The third-order valence-electron chi connectivity index (χ3n) is 3.37. The van der Waals surface area contributed by atoms with Crippen LogP contribution in [0.15, 0.2) is 0 Å². The molecule has 0 N–H and O–H groups in total. The molecule has 0 aliphatic carbocycles. The molecule has 1 rings (SSSR count). The van der Waals surface area contributed by atoms with E-state index in [4.69, 9.17) is 0 Å². The first kappa shape index (κ1) is 12.0. The molecule has 0 unspecified atom stereocenters. The summed E-state index contributed by atoms with van der Waals surface area (Å²) in [6.45, 7) is 10.5. The quantitative estimate of drug-likeness (QED) is 0.667. The molecule has 1 saturated heterocycles. The largest absolute Gasteiger partial charge is 0.144 e. The Morgan fingerprint density at radius 1 is 1.14 bits per heavy atom. The van der Waals surface area contributed by atoms with Gasteiger partial charge < -0.3 is 0 Å². The van der Waals surface area contributed by atoms with E-state index in [1.165, 1.54) is 17.9 Å². The predicted molar refractivity (Wildman–Crippen MR) is 58.3 cm³/mol. The highest BCUT2D eigenvalue weighted by atomic mass is 16.5. The molecule has 0 saturated carbocycles. The summed E-state index contributed by atoms with van der Waals surface area (Å²) >= 11 is 0. The third kappa shape index (κ3) is 2.29. The van der Waals surface area contributed by atoms with Gasteiger partial charge in [-0.05, 0) is 46.5 Å². The van der Waals surface area contributed by atoms with Crippen LogP contribution in [0, 0.1) is 5.92 Å². The zero-order valence-electron chi connectivity index (χ0n) is 10.3. The van der Waals surface area contributed by atoms with E-state index in [-0.39, 0.29) is 11.1 Å². The van der Waals surface area contributed by atoms with Crippen LogP contribution in [0.4, 0.5) is 0 Å². The molecule has 2 nitrogen and oxygen atoms in total. The van der Waals surface area contributed by atoms with Crippen LogP contribution in [0.5, 0.6) is 0 Å². The third-order valence-corrected chi connectivity index (χ3v) is 3.37. The minimum absolute atomic E-state index is 0.179. The van der Waals surface area contributed by atoms with Gasteiger partial charge in [-0.2, -0.15) is 0 Å². The lowest BCUT2D eigenvalue weighted by Gasteiger charge is -2.50. The highest BCUT2D eigenvalue weighted by Gasteiger charge is 2.45.